The van der Waals surface area contributed by atoms with E-state index in [1.54, 1.807) is 29.3 Å². The van der Waals surface area contributed by atoms with Crippen molar-refractivity contribution in [1.82, 2.24) is 20.0 Å². The topological polar surface area (TPSA) is 107 Å². The minimum Gasteiger partial charge on any atom is -0.324 e. The van der Waals surface area contributed by atoms with E-state index in [9.17, 15) is 9.18 Å². The van der Waals surface area contributed by atoms with Gasteiger partial charge >= 0.3 is 0 Å². The minimum absolute atomic E-state index is 0.106. The van der Waals surface area contributed by atoms with Gasteiger partial charge in [0.25, 0.3) is 0 Å². The average Bonchev–Trinajstić information content (AvgIpc) is 3.47. The number of hydrazone groups is 1. The lowest BCUT2D eigenvalue weighted by molar-refractivity contribution is -0.130. The van der Waals surface area contributed by atoms with Crippen molar-refractivity contribution in [3.8, 4) is 0 Å². The Hall–Kier alpha value is -5.35. The zero-order chi connectivity index (χ0) is 29.8. The highest BCUT2D eigenvalue weighted by Crippen LogP contribution is 2.33. The summed E-state index contributed by atoms with van der Waals surface area (Å²) in [5.41, 5.74) is 4.88. The van der Waals surface area contributed by atoms with Gasteiger partial charge in [0.1, 0.15) is 5.82 Å². The Morgan fingerprint density at radius 3 is 1.74 bits per heavy atom. The van der Waals surface area contributed by atoms with Crippen molar-refractivity contribution in [2.45, 2.75) is 19.4 Å². The Balaban J connectivity index is 1.23. The summed E-state index contributed by atoms with van der Waals surface area (Å²) in [6.07, 6.45) is 0.613. The van der Waals surface area contributed by atoms with E-state index >= 15 is 0 Å². The molecule has 6 rings (SSSR count). The van der Waals surface area contributed by atoms with Crippen LogP contribution in [-0.4, -0.2) is 31.6 Å². The Bertz CT molecular complexity index is 1700. The Morgan fingerprint density at radius 1 is 0.744 bits per heavy atom. The molecule has 9 nitrogen and oxygen atoms in total. The maximum absolute atomic E-state index is 13.4. The van der Waals surface area contributed by atoms with Gasteiger partial charge in [0.2, 0.25) is 23.8 Å². The lowest BCUT2D eigenvalue weighted by Gasteiger charge is -2.20. The molecular formula is C32H26ClFN8O. The van der Waals surface area contributed by atoms with Gasteiger partial charge in [-0.2, -0.15) is 20.1 Å². The van der Waals surface area contributed by atoms with E-state index in [1.807, 2.05) is 66.7 Å². The second kappa shape index (κ2) is 12.3. The van der Waals surface area contributed by atoms with Crippen LogP contribution in [0.25, 0.3) is 0 Å². The van der Waals surface area contributed by atoms with Crippen molar-refractivity contribution >= 4 is 58.1 Å². The van der Waals surface area contributed by atoms with Crippen molar-refractivity contribution in [3.63, 3.8) is 0 Å². The van der Waals surface area contributed by atoms with Crippen molar-refractivity contribution < 1.29 is 9.18 Å². The number of rotatable bonds is 8. The van der Waals surface area contributed by atoms with Crippen LogP contribution in [-0.2, 0) is 4.79 Å². The fraction of sp³-hybridized carbons (Fsp3) is 0.0938. The van der Waals surface area contributed by atoms with Gasteiger partial charge in [0, 0.05) is 35.4 Å². The highest BCUT2D eigenvalue weighted by molar-refractivity contribution is 6.30. The van der Waals surface area contributed by atoms with E-state index in [0.717, 1.165) is 28.2 Å². The molecular weight excluding hydrogens is 567 g/mol. The van der Waals surface area contributed by atoms with Crippen LogP contribution in [0.3, 0.4) is 0 Å². The second-order valence-corrected chi connectivity index (χ2v) is 10.2. The first kappa shape index (κ1) is 27.8. The Labute approximate surface area is 252 Å². The van der Waals surface area contributed by atoms with Crippen LogP contribution in [0.2, 0.25) is 5.02 Å². The summed E-state index contributed by atoms with van der Waals surface area (Å²) < 4.78 is 13.4. The van der Waals surface area contributed by atoms with Crippen LogP contribution < -0.4 is 16.0 Å². The molecule has 5 aromatic rings. The number of halogens is 2. The number of carbonyl (C=O) groups excluding carboxylic acids is 1. The minimum atomic E-state index is -0.342. The molecule has 0 saturated heterocycles. The average molecular weight is 593 g/mol. The summed E-state index contributed by atoms with van der Waals surface area (Å²) in [5.74, 6) is 0.385. The standard InChI is InChI=1S/C32H26ClFN8O/c1-20(43)42-29(22-5-3-2-4-6-22)19-28(41-42)21-7-13-25(14-8-21)35-30-38-31(36-26-15-9-23(33)10-16-26)40-32(39-30)37-27-17-11-24(34)12-18-27/h2-18,29H,19H2,1H3,(H3,35,36,37,38,39,40). The third-order valence-electron chi connectivity index (χ3n) is 6.73. The molecule has 11 heteroatoms. The molecule has 0 aliphatic carbocycles. The molecule has 214 valence electrons. The van der Waals surface area contributed by atoms with Crippen molar-refractivity contribution in [1.29, 1.82) is 0 Å². The zero-order valence-electron chi connectivity index (χ0n) is 23.0. The van der Waals surface area contributed by atoms with Gasteiger partial charge in [-0.3, -0.25) is 4.79 Å². The van der Waals surface area contributed by atoms with E-state index < -0.39 is 0 Å². The molecule has 1 aliphatic heterocycles. The first-order valence-corrected chi connectivity index (χ1v) is 13.9. The number of carbonyl (C=O) groups is 1. The molecule has 0 fully saturated rings. The number of amides is 1. The fourth-order valence-electron chi connectivity index (χ4n) is 4.65. The lowest BCUT2D eigenvalue weighted by Crippen LogP contribution is -2.24. The number of benzene rings is 4. The summed E-state index contributed by atoms with van der Waals surface area (Å²) in [4.78, 5) is 25.8. The molecule has 0 radical (unpaired) electrons. The monoisotopic (exact) mass is 592 g/mol. The van der Waals surface area contributed by atoms with Gasteiger partial charge < -0.3 is 16.0 Å². The maximum Gasteiger partial charge on any atom is 0.240 e. The highest BCUT2D eigenvalue weighted by Gasteiger charge is 2.31. The van der Waals surface area contributed by atoms with Crippen LogP contribution in [0.5, 0.6) is 0 Å². The Morgan fingerprint density at radius 2 is 1.23 bits per heavy atom. The van der Waals surface area contributed by atoms with E-state index in [4.69, 9.17) is 11.6 Å². The first-order chi connectivity index (χ1) is 20.9. The molecule has 0 spiro atoms. The zero-order valence-corrected chi connectivity index (χ0v) is 23.8. The quantitative estimate of drug-likeness (QED) is 0.170. The highest BCUT2D eigenvalue weighted by atomic mass is 35.5. The summed E-state index contributed by atoms with van der Waals surface area (Å²) in [5, 5.41) is 16.3. The van der Waals surface area contributed by atoms with E-state index in [2.05, 4.69) is 36.0 Å². The van der Waals surface area contributed by atoms with Gasteiger partial charge in [0.15, 0.2) is 0 Å². The Kier molecular flexibility index (Phi) is 7.92. The predicted molar refractivity (Wildman–Crippen MR) is 167 cm³/mol. The second-order valence-electron chi connectivity index (χ2n) is 9.81. The molecule has 2 heterocycles. The van der Waals surface area contributed by atoms with E-state index in [-0.39, 0.29) is 35.6 Å². The van der Waals surface area contributed by atoms with E-state index in [1.165, 1.54) is 19.1 Å². The first-order valence-electron chi connectivity index (χ1n) is 13.5. The number of hydrogen-bond acceptors (Lipinski definition) is 8. The van der Waals surface area contributed by atoms with E-state index in [0.29, 0.717) is 17.1 Å². The molecule has 1 aromatic heterocycles. The molecule has 1 aliphatic rings. The van der Waals surface area contributed by atoms with Crippen LogP contribution in [0.15, 0.2) is 108 Å². The number of aromatic nitrogens is 3. The summed E-state index contributed by atoms with van der Waals surface area (Å²) in [6.45, 7) is 1.53. The summed E-state index contributed by atoms with van der Waals surface area (Å²) >= 11 is 6.03. The van der Waals surface area contributed by atoms with Crippen LogP contribution >= 0.6 is 11.6 Å². The molecule has 1 atom stereocenters. The molecule has 0 saturated carbocycles. The third kappa shape index (κ3) is 6.77. The summed E-state index contributed by atoms with van der Waals surface area (Å²) in [6, 6.07) is 30.5. The molecule has 1 unspecified atom stereocenters. The molecule has 4 aromatic carbocycles. The van der Waals surface area contributed by atoms with Crippen molar-refractivity contribution in [3.05, 3.63) is 125 Å². The van der Waals surface area contributed by atoms with Gasteiger partial charge in [0.05, 0.1) is 11.8 Å². The number of nitrogens with zero attached hydrogens (tertiary/aromatic N) is 5. The van der Waals surface area contributed by atoms with Crippen LogP contribution in [0.1, 0.15) is 30.5 Å². The molecule has 0 bridgehead atoms. The van der Waals surface area contributed by atoms with Gasteiger partial charge in [-0.15, -0.1) is 0 Å². The predicted octanol–water partition coefficient (Wildman–Crippen LogP) is 7.59. The largest absolute Gasteiger partial charge is 0.324 e. The molecule has 1 amide bonds. The maximum atomic E-state index is 13.4. The van der Waals surface area contributed by atoms with Crippen LogP contribution in [0, 0.1) is 5.82 Å². The summed E-state index contributed by atoms with van der Waals surface area (Å²) in [7, 11) is 0. The van der Waals surface area contributed by atoms with Crippen molar-refractivity contribution in [2.24, 2.45) is 5.10 Å². The third-order valence-corrected chi connectivity index (χ3v) is 6.98. The molecule has 3 N–H and O–H groups in total. The smallest absolute Gasteiger partial charge is 0.240 e. The van der Waals surface area contributed by atoms with Crippen molar-refractivity contribution in [2.75, 3.05) is 16.0 Å². The van der Waals surface area contributed by atoms with Gasteiger partial charge in [-0.1, -0.05) is 54.1 Å². The number of nitrogens with one attached hydrogen (secondary N) is 3. The van der Waals surface area contributed by atoms with Crippen LogP contribution in [0.4, 0.5) is 39.3 Å². The number of anilines is 6. The SMILES string of the molecule is CC(=O)N1N=C(c2ccc(Nc3nc(Nc4ccc(F)cc4)nc(Nc4ccc(Cl)cc4)n3)cc2)CC1c1ccccc1. The molecule has 43 heavy (non-hydrogen) atoms. The normalized spacial score (nSPS) is 14.3. The lowest BCUT2D eigenvalue weighted by atomic mass is 9.98. The fourth-order valence-corrected chi connectivity index (χ4v) is 4.78. The number of hydrogen-bond donors (Lipinski definition) is 3. The van der Waals surface area contributed by atoms with Gasteiger partial charge in [-0.25, -0.2) is 9.40 Å². The van der Waals surface area contributed by atoms with Gasteiger partial charge in [-0.05, 0) is 71.8 Å².